The third-order valence-electron chi connectivity index (χ3n) is 4.24. The zero-order chi connectivity index (χ0) is 17.7. The molecule has 26 heavy (non-hydrogen) atoms. The smallest absolute Gasteiger partial charge is 0.349 e. The maximum absolute atomic E-state index is 12.4. The summed E-state index contributed by atoms with van der Waals surface area (Å²) in [5.41, 5.74) is 1.84. The van der Waals surface area contributed by atoms with Crippen molar-refractivity contribution in [1.29, 1.82) is 0 Å². The summed E-state index contributed by atoms with van der Waals surface area (Å²) in [6.07, 6.45) is 0. The van der Waals surface area contributed by atoms with Gasteiger partial charge < -0.3 is 18.4 Å². The molecule has 0 aliphatic carbocycles. The van der Waals surface area contributed by atoms with Gasteiger partial charge in [-0.2, -0.15) is 4.98 Å². The SMILES string of the molecule is Cc1cccc2cc(-c3nc(-c4ccc5c(c4)OCO5)no3)c(=O)oc12. The molecule has 0 radical (unpaired) electrons. The fourth-order valence-corrected chi connectivity index (χ4v) is 2.93. The number of rotatable bonds is 2. The van der Waals surface area contributed by atoms with Gasteiger partial charge in [0.2, 0.25) is 12.6 Å². The fourth-order valence-electron chi connectivity index (χ4n) is 2.93. The minimum absolute atomic E-state index is 0.106. The van der Waals surface area contributed by atoms with E-state index in [1.165, 1.54) is 0 Å². The molecule has 3 heterocycles. The Morgan fingerprint density at radius 2 is 1.92 bits per heavy atom. The number of hydrogen-bond donors (Lipinski definition) is 0. The number of aryl methyl sites for hydroxylation is 1. The van der Waals surface area contributed by atoms with Crippen LogP contribution in [0, 0.1) is 6.92 Å². The van der Waals surface area contributed by atoms with Gasteiger partial charge in [0.15, 0.2) is 11.5 Å². The number of aromatic nitrogens is 2. The van der Waals surface area contributed by atoms with Crippen LogP contribution in [0.4, 0.5) is 0 Å². The van der Waals surface area contributed by atoms with E-state index < -0.39 is 5.63 Å². The zero-order valence-electron chi connectivity index (χ0n) is 13.7. The van der Waals surface area contributed by atoms with Crippen molar-refractivity contribution in [2.45, 2.75) is 6.92 Å². The molecule has 0 fully saturated rings. The molecule has 2 aromatic carbocycles. The van der Waals surface area contributed by atoms with E-state index in [0.717, 1.165) is 10.9 Å². The van der Waals surface area contributed by atoms with Crippen molar-refractivity contribution < 1.29 is 18.4 Å². The lowest BCUT2D eigenvalue weighted by molar-refractivity contribution is 0.174. The summed E-state index contributed by atoms with van der Waals surface area (Å²) in [5, 5.41) is 4.76. The Hall–Kier alpha value is -3.61. The Morgan fingerprint density at radius 1 is 1.04 bits per heavy atom. The van der Waals surface area contributed by atoms with E-state index in [2.05, 4.69) is 10.1 Å². The van der Waals surface area contributed by atoms with Gasteiger partial charge in [0.05, 0.1) is 0 Å². The maximum atomic E-state index is 12.4. The number of benzene rings is 2. The van der Waals surface area contributed by atoms with Gasteiger partial charge >= 0.3 is 5.63 Å². The second kappa shape index (κ2) is 5.45. The molecular weight excluding hydrogens is 336 g/mol. The van der Waals surface area contributed by atoms with Crippen LogP contribution in [-0.4, -0.2) is 16.9 Å². The summed E-state index contributed by atoms with van der Waals surface area (Å²) in [4.78, 5) is 16.7. The second-order valence-corrected chi connectivity index (χ2v) is 5.93. The average Bonchev–Trinajstić information content (AvgIpc) is 3.30. The lowest BCUT2D eigenvalue weighted by Crippen LogP contribution is -2.03. The average molecular weight is 348 g/mol. The van der Waals surface area contributed by atoms with E-state index in [1.807, 2.05) is 25.1 Å². The van der Waals surface area contributed by atoms with Gasteiger partial charge in [-0.05, 0) is 36.8 Å². The molecule has 0 saturated carbocycles. The van der Waals surface area contributed by atoms with Crippen LogP contribution in [-0.2, 0) is 0 Å². The van der Waals surface area contributed by atoms with Gasteiger partial charge in [0.25, 0.3) is 5.89 Å². The summed E-state index contributed by atoms with van der Waals surface area (Å²) in [7, 11) is 0. The Labute approximate surface area is 146 Å². The van der Waals surface area contributed by atoms with E-state index in [4.69, 9.17) is 18.4 Å². The molecule has 128 valence electrons. The van der Waals surface area contributed by atoms with Gasteiger partial charge in [-0.15, -0.1) is 0 Å². The number of para-hydroxylation sites is 1. The minimum Gasteiger partial charge on any atom is -0.454 e. The number of hydrogen-bond acceptors (Lipinski definition) is 7. The second-order valence-electron chi connectivity index (χ2n) is 5.93. The minimum atomic E-state index is -0.521. The van der Waals surface area contributed by atoms with Crippen molar-refractivity contribution in [2.75, 3.05) is 6.79 Å². The first-order chi connectivity index (χ1) is 12.7. The first kappa shape index (κ1) is 14.7. The molecular formula is C19H12N2O5. The van der Waals surface area contributed by atoms with E-state index >= 15 is 0 Å². The van der Waals surface area contributed by atoms with Crippen molar-refractivity contribution >= 4 is 11.0 Å². The standard InChI is InChI=1S/C19H12N2O5/c1-10-3-2-4-11-7-13(19(22)25-16(10)11)18-20-17(21-26-18)12-5-6-14-15(8-12)24-9-23-14/h2-8H,9H2,1H3. The predicted octanol–water partition coefficient (Wildman–Crippen LogP) is 3.55. The number of nitrogens with zero attached hydrogens (tertiary/aromatic N) is 2. The third kappa shape index (κ3) is 2.25. The van der Waals surface area contributed by atoms with Gasteiger partial charge in [-0.3, -0.25) is 0 Å². The normalized spacial score (nSPS) is 12.7. The molecule has 0 unspecified atom stereocenters. The van der Waals surface area contributed by atoms with Crippen molar-refractivity contribution in [3.8, 4) is 34.3 Å². The van der Waals surface area contributed by atoms with E-state index in [-0.39, 0.29) is 18.2 Å². The van der Waals surface area contributed by atoms with Crippen LogP contribution in [0.25, 0.3) is 33.8 Å². The van der Waals surface area contributed by atoms with Gasteiger partial charge in [0, 0.05) is 10.9 Å². The lowest BCUT2D eigenvalue weighted by Gasteiger charge is -2.01. The van der Waals surface area contributed by atoms with Crippen LogP contribution in [0.2, 0.25) is 0 Å². The highest BCUT2D eigenvalue weighted by atomic mass is 16.7. The van der Waals surface area contributed by atoms with Gasteiger partial charge in [-0.25, -0.2) is 4.79 Å². The fraction of sp³-hybridized carbons (Fsp3) is 0.105. The Kier molecular flexibility index (Phi) is 3.08. The maximum Gasteiger partial charge on any atom is 0.349 e. The molecule has 7 heteroatoms. The van der Waals surface area contributed by atoms with Crippen molar-refractivity contribution in [3.63, 3.8) is 0 Å². The van der Waals surface area contributed by atoms with E-state index in [0.29, 0.717) is 28.5 Å². The monoisotopic (exact) mass is 348 g/mol. The molecule has 2 aromatic heterocycles. The number of fused-ring (bicyclic) bond motifs is 2. The molecule has 0 spiro atoms. The summed E-state index contributed by atoms with van der Waals surface area (Å²) >= 11 is 0. The first-order valence-electron chi connectivity index (χ1n) is 7.96. The first-order valence-corrected chi connectivity index (χ1v) is 7.96. The molecule has 1 aliphatic heterocycles. The molecule has 7 nitrogen and oxygen atoms in total. The van der Waals surface area contributed by atoms with E-state index in [1.54, 1.807) is 24.3 Å². The Balaban J connectivity index is 1.59. The largest absolute Gasteiger partial charge is 0.454 e. The highest BCUT2D eigenvalue weighted by Gasteiger charge is 2.19. The summed E-state index contributed by atoms with van der Waals surface area (Å²) in [5.74, 6) is 1.74. The molecule has 1 aliphatic rings. The molecule has 0 saturated heterocycles. The molecule has 0 bridgehead atoms. The third-order valence-corrected chi connectivity index (χ3v) is 4.24. The lowest BCUT2D eigenvalue weighted by atomic mass is 10.1. The van der Waals surface area contributed by atoms with Crippen LogP contribution < -0.4 is 15.1 Å². The molecule has 4 aromatic rings. The quantitative estimate of drug-likeness (QED) is 0.512. The molecule has 0 atom stereocenters. The highest BCUT2D eigenvalue weighted by molar-refractivity contribution is 5.82. The molecule has 5 rings (SSSR count). The van der Waals surface area contributed by atoms with Gasteiger partial charge in [-0.1, -0.05) is 23.4 Å². The summed E-state index contributed by atoms with van der Waals surface area (Å²) < 4.78 is 21.4. The van der Waals surface area contributed by atoms with Crippen LogP contribution in [0.3, 0.4) is 0 Å². The molecule has 0 amide bonds. The Bertz CT molecular complexity index is 1210. The van der Waals surface area contributed by atoms with Crippen LogP contribution >= 0.6 is 0 Å². The summed E-state index contributed by atoms with van der Waals surface area (Å²) in [6.45, 7) is 2.07. The number of ether oxygens (including phenoxy) is 2. The van der Waals surface area contributed by atoms with Crippen LogP contribution in [0.5, 0.6) is 11.5 Å². The van der Waals surface area contributed by atoms with Gasteiger partial charge in [0.1, 0.15) is 11.1 Å². The van der Waals surface area contributed by atoms with Crippen molar-refractivity contribution in [3.05, 3.63) is 58.4 Å². The van der Waals surface area contributed by atoms with Crippen molar-refractivity contribution in [1.82, 2.24) is 10.1 Å². The predicted molar refractivity (Wildman–Crippen MR) is 92.1 cm³/mol. The van der Waals surface area contributed by atoms with Crippen molar-refractivity contribution in [2.24, 2.45) is 0 Å². The van der Waals surface area contributed by atoms with E-state index in [9.17, 15) is 4.79 Å². The Morgan fingerprint density at radius 3 is 2.85 bits per heavy atom. The highest BCUT2D eigenvalue weighted by Crippen LogP contribution is 2.35. The topological polar surface area (TPSA) is 87.6 Å². The van der Waals surface area contributed by atoms with Crippen LogP contribution in [0.1, 0.15) is 5.56 Å². The summed E-state index contributed by atoms with van der Waals surface area (Å²) in [6, 6.07) is 12.7. The van der Waals surface area contributed by atoms with Crippen LogP contribution in [0.15, 0.2) is 56.2 Å². The zero-order valence-corrected chi connectivity index (χ0v) is 13.7. The molecule has 0 N–H and O–H groups in total.